The summed E-state index contributed by atoms with van der Waals surface area (Å²) >= 11 is 0. The Hall–Kier alpha value is -2.65. The number of pyridine rings is 2. The molecule has 2 rings (SSSR count). The summed E-state index contributed by atoms with van der Waals surface area (Å²) in [5, 5.41) is 9.43. The van der Waals surface area contributed by atoms with E-state index in [9.17, 15) is 5.26 Å². The van der Waals surface area contributed by atoms with Gasteiger partial charge in [0.05, 0.1) is 7.11 Å². The quantitative estimate of drug-likeness (QED) is 0.832. The van der Waals surface area contributed by atoms with Crippen LogP contribution in [0.3, 0.4) is 0 Å². The zero-order valence-corrected chi connectivity index (χ0v) is 15.1. The van der Waals surface area contributed by atoms with E-state index in [1.165, 1.54) is 0 Å². The molecule has 0 amide bonds. The van der Waals surface area contributed by atoms with Gasteiger partial charge in [0, 0.05) is 29.6 Å². The lowest BCUT2D eigenvalue weighted by Gasteiger charge is -2.26. The predicted molar refractivity (Wildman–Crippen MR) is 96.3 cm³/mol. The summed E-state index contributed by atoms with van der Waals surface area (Å²) in [6.07, 6.45) is 4.14. The molecule has 0 spiro atoms. The Morgan fingerprint density at radius 3 is 2.68 bits per heavy atom. The van der Waals surface area contributed by atoms with Gasteiger partial charge < -0.3 is 15.2 Å². The van der Waals surface area contributed by atoms with Crippen molar-refractivity contribution in [3.05, 3.63) is 36.2 Å². The summed E-state index contributed by atoms with van der Waals surface area (Å²) in [5.74, 6) is 1.27. The van der Waals surface area contributed by atoms with Gasteiger partial charge in [0.2, 0.25) is 11.8 Å². The topological polar surface area (TPSA) is 94.0 Å². The maximum atomic E-state index is 9.43. The van der Waals surface area contributed by atoms with Gasteiger partial charge in [0.25, 0.3) is 0 Å². The molecule has 0 aliphatic heterocycles. The van der Waals surface area contributed by atoms with Gasteiger partial charge >= 0.3 is 0 Å². The molecule has 2 heterocycles. The molecule has 0 aromatic carbocycles. The van der Waals surface area contributed by atoms with Gasteiger partial charge in [-0.2, -0.15) is 5.26 Å². The first-order valence-corrected chi connectivity index (χ1v) is 8.17. The Labute approximate surface area is 148 Å². The number of hydrogen-bond acceptors (Lipinski definition) is 6. The van der Waals surface area contributed by atoms with Crippen LogP contribution in [0.2, 0.25) is 0 Å². The van der Waals surface area contributed by atoms with Gasteiger partial charge in [-0.3, -0.25) is 0 Å². The van der Waals surface area contributed by atoms with E-state index in [1.807, 2.05) is 13.0 Å². The lowest BCUT2D eigenvalue weighted by Crippen LogP contribution is -2.43. The highest BCUT2D eigenvalue weighted by molar-refractivity contribution is 5.65. The molecule has 0 bridgehead atoms. The smallest absolute Gasteiger partial charge is 0.231 e. The second-order valence-corrected chi connectivity index (χ2v) is 6.82. The number of rotatable bonds is 7. The van der Waals surface area contributed by atoms with E-state index < -0.39 is 5.54 Å². The van der Waals surface area contributed by atoms with E-state index in [0.29, 0.717) is 29.8 Å². The fourth-order valence-electron chi connectivity index (χ4n) is 2.73. The zero-order chi connectivity index (χ0) is 18.4. The highest BCUT2D eigenvalue weighted by Crippen LogP contribution is 2.26. The second-order valence-electron chi connectivity index (χ2n) is 6.82. The summed E-state index contributed by atoms with van der Waals surface area (Å²) in [4.78, 5) is 8.38. The third kappa shape index (κ3) is 5.16. The van der Waals surface area contributed by atoms with Crippen molar-refractivity contribution >= 4 is 0 Å². The van der Waals surface area contributed by atoms with E-state index in [0.717, 1.165) is 17.5 Å². The SMILES string of the molecule is COc1cc(-c2cnc(OC[C@@](C)(N)CC(C)C)c(C#N)c2)ccn1. The average molecular weight is 340 g/mol. The number of hydrogen-bond donors (Lipinski definition) is 1. The molecule has 6 heteroatoms. The average Bonchev–Trinajstić information content (AvgIpc) is 2.58. The Kier molecular flexibility index (Phi) is 5.94. The third-order valence-corrected chi connectivity index (χ3v) is 3.66. The van der Waals surface area contributed by atoms with E-state index in [-0.39, 0.29) is 0 Å². The third-order valence-electron chi connectivity index (χ3n) is 3.66. The van der Waals surface area contributed by atoms with Gasteiger partial charge in [-0.15, -0.1) is 0 Å². The molecule has 1 atom stereocenters. The Bertz CT molecular complexity index is 766. The maximum Gasteiger partial charge on any atom is 0.231 e. The molecule has 0 unspecified atom stereocenters. The minimum Gasteiger partial charge on any atom is -0.481 e. The Balaban J connectivity index is 2.21. The van der Waals surface area contributed by atoms with Crippen LogP contribution in [0.1, 0.15) is 32.8 Å². The first-order chi connectivity index (χ1) is 11.8. The van der Waals surface area contributed by atoms with Crippen molar-refractivity contribution in [2.24, 2.45) is 11.7 Å². The monoisotopic (exact) mass is 340 g/mol. The fourth-order valence-corrected chi connectivity index (χ4v) is 2.73. The molecule has 0 aliphatic carbocycles. The molecular weight excluding hydrogens is 316 g/mol. The van der Waals surface area contributed by atoms with Crippen molar-refractivity contribution in [2.45, 2.75) is 32.7 Å². The van der Waals surface area contributed by atoms with Crippen molar-refractivity contribution in [2.75, 3.05) is 13.7 Å². The maximum absolute atomic E-state index is 9.43. The van der Waals surface area contributed by atoms with Crippen LogP contribution in [-0.2, 0) is 0 Å². The minimum atomic E-state index is -0.473. The molecule has 0 radical (unpaired) electrons. The summed E-state index contributed by atoms with van der Waals surface area (Å²) in [7, 11) is 1.56. The number of ether oxygens (including phenoxy) is 2. The molecule has 25 heavy (non-hydrogen) atoms. The fraction of sp³-hybridized carbons (Fsp3) is 0.421. The van der Waals surface area contributed by atoms with Crippen molar-refractivity contribution in [3.8, 4) is 29.0 Å². The first-order valence-electron chi connectivity index (χ1n) is 8.17. The summed E-state index contributed by atoms with van der Waals surface area (Å²) in [6, 6.07) is 7.50. The van der Waals surface area contributed by atoms with Crippen LogP contribution in [-0.4, -0.2) is 29.2 Å². The zero-order valence-electron chi connectivity index (χ0n) is 15.1. The molecule has 0 fully saturated rings. The van der Waals surface area contributed by atoms with E-state index in [4.69, 9.17) is 15.2 Å². The molecule has 6 nitrogen and oxygen atoms in total. The molecule has 2 aromatic rings. The highest BCUT2D eigenvalue weighted by atomic mass is 16.5. The van der Waals surface area contributed by atoms with Gasteiger partial charge in [-0.05, 0) is 37.0 Å². The number of nitriles is 1. The van der Waals surface area contributed by atoms with Gasteiger partial charge in [0.15, 0.2) is 0 Å². The Morgan fingerprint density at radius 2 is 2.04 bits per heavy atom. The number of nitrogens with two attached hydrogens (primary N) is 1. The van der Waals surface area contributed by atoms with E-state index in [2.05, 4.69) is 29.9 Å². The van der Waals surface area contributed by atoms with Crippen LogP contribution in [0.4, 0.5) is 0 Å². The van der Waals surface area contributed by atoms with Gasteiger partial charge in [-0.25, -0.2) is 9.97 Å². The van der Waals surface area contributed by atoms with Crippen molar-refractivity contribution < 1.29 is 9.47 Å². The van der Waals surface area contributed by atoms with Crippen molar-refractivity contribution in [1.29, 1.82) is 5.26 Å². The van der Waals surface area contributed by atoms with Crippen LogP contribution in [0.5, 0.6) is 11.8 Å². The van der Waals surface area contributed by atoms with E-state index in [1.54, 1.807) is 31.6 Å². The lowest BCUT2D eigenvalue weighted by molar-refractivity contribution is 0.200. The molecule has 0 saturated heterocycles. The molecule has 132 valence electrons. The number of aromatic nitrogens is 2. The van der Waals surface area contributed by atoms with Gasteiger partial charge in [-0.1, -0.05) is 13.8 Å². The predicted octanol–water partition coefficient (Wildman–Crippen LogP) is 3.17. The van der Waals surface area contributed by atoms with Crippen molar-refractivity contribution in [1.82, 2.24) is 9.97 Å². The standard InChI is InChI=1S/C19H24N4O2/c1-13(2)9-19(3,21)12-25-18-15(10-20)7-16(11-23-18)14-5-6-22-17(8-14)24-4/h5-8,11,13H,9,12,21H2,1-4H3/t19-/m0/s1. The van der Waals surface area contributed by atoms with E-state index >= 15 is 0 Å². The summed E-state index contributed by atoms with van der Waals surface area (Å²) < 4.78 is 10.9. The van der Waals surface area contributed by atoms with Crippen molar-refractivity contribution in [3.63, 3.8) is 0 Å². The first kappa shape index (κ1) is 18.7. The molecular formula is C19H24N4O2. The Morgan fingerprint density at radius 1 is 1.28 bits per heavy atom. The second kappa shape index (κ2) is 7.95. The summed E-state index contributed by atoms with van der Waals surface area (Å²) in [5.41, 5.74) is 7.81. The number of methoxy groups -OCH3 is 1. The molecule has 0 saturated carbocycles. The molecule has 2 aromatic heterocycles. The normalized spacial score (nSPS) is 13.2. The minimum absolute atomic E-state index is 0.299. The van der Waals surface area contributed by atoms with Crippen LogP contribution < -0.4 is 15.2 Å². The lowest BCUT2D eigenvalue weighted by atomic mass is 9.93. The molecule has 0 aliphatic rings. The van der Waals surface area contributed by atoms with Crippen LogP contribution in [0, 0.1) is 17.2 Å². The van der Waals surface area contributed by atoms with Crippen LogP contribution >= 0.6 is 0 Å². The highest BCUT2D eigenvalue weighted by Gasteiger charge is 2.22. The summed E-state index contributed by atoms with van der Waals surface area (Å²) in [6.45, 7) is 6.47. The number of nitrogens with zero attached hydrogens (tertiary/aromatic N) is 3. The van der Waals surface area contributed by atoms with Crippen LogP contribution in [0.15, 0.2) is 30.6 Å². The van der Waals surface area contributed by atoms with Crippen LogP contribution in [0.25, 0.3) is 11.1 Å². The largest absolute Gasteiger partial charge is 0.481 e. The molecule has 2 N–H and O–H groups in total. The van der Waals surface area contributed by atoms with Gasteiger partial charge in [0.1, 0.15) is 18.2 Å².